The minimum Gasteiger partial charge on any atom is -0.484 e. The second kappa shape index (κ2) is 5.52. The highest BCUT2D eigenvalue weighted by atomic mass is 19.1. The lowest BCUT2D eigenvalue weighted by molar-refractivity contribution is 0.0693. The molecule has 0 spiro atoms. The summed E-state index contributed by atoms with van der Waals surface area (Å²) in [7, 11) is 1.57. The Morgan fingerprint density at radius 3 is 2.90 bits per heavy atom. The number of carboxylic acids is 1. The van der Waals surface area contributed by atoms with E-state index >= 15 is 0 Å². The second-order valence-electron chi connectivity index (χ2n) is 4.03. The first-order valence-electron chi connectivity index (χ1n) is 5.64. The van der Waals surface area contributed by atoms with Crippen LogP contribution in [-0.4, -0.2) is 27.1 Å². The van der Waals surface area contributed by atoms with Crippen molar-refractivity contribution >= 4 is 12.3 Å². The van der Waals surface area contributed by atoms with Gasteiger partial charge in [-0.2, -0.15) is 5.10 Å². The number of hydrogen-bond acceptors (Lipinski definition) is 4. The van der Waals surface area contributed by atoms with Crippen LogP contribution in [0.4, 0.5) is 4.39 Å². The van der Waals surface area contributed by atoms with Gasteiger partial charge in [0.1, 0.15) is 18.5 Å². The SMILES string of the molecule is Cn1ncc(C(=O)O)c1COc1ccc(C=O)cc1F. The Labute approximate surface area is 113 Å². The molecular weight excluding hydrogens is 267 g/mol. The number of aldehydes is 1. The van der Waals surface area contributed by atoms with E-state index in [-0.39, 0.29) is 23.5 Å². The molecule has 1 aromatic carbocycles. The van der Waals surface area contributed by atoms with E-state index in [1.807, 2.05) is 0 Å². The third-order valence-electron chi connectivity index (χ3n) is 2.75. The Bertz CT molecular complexity index is 666. The first-order valence-corrected chi connectivity index (χ1v) is 5.64. The van der Waals surface area contributed by atoms with Crippen molar-refractivity contribution < 1.29 is 23.8 Å². The van der Waals surface area contributed by atoms with Crippen molar-refractivity contribution in [3.05, 3.63) is 47.0 Å². The molecule has 1 N–H and O–H groups in total. The van der Waals surface area contributed by atoms with E-state index in [4.69, 9.17) is 9.84 Å². The number of hydrogen-bond donors (Lipinski definition) is 1. The predicted octanol–water partition coefficient (Wildman–Crippen LogP) is 1.65. The number of nitrogens with zero attached hydrogens (tertiary/aromatic N) is 2. The van der Waals surface area contributed by atoms with Crippen molar-refractivity contribution in [2.45, 2.75) is 6.61 Å². The number of benzene rings is 1. The van der Waals surface area contributed by atoms with E-state index in [1.165, 1.54) is 23.0 Å². The van der Waals surface area contributed by atoms with Gasteiger partial charge in [0.05, 0.1) is 11.9 Å². The van der Waals surface area contributed by atoms with E-state index in [9.17, 15) is 14.0 Å². The molecule has 20 heavy (non-hydrogen) atoms. The van der Waals surface area contributed by atoms with Gasteiger partial charge in [0.2, 0.25) is 0 Å². The smallest absolute Gasteiger partial charge is 0.339 e. The molecular formula is C13H11FN2O4. The maximum absolute atomic E-state index is 13.6. The van der Waals surface area contributed by atoms with Crippen molar-refractivity contribution in [1.29, 1.82) is 0 Å². The fraction of sp³-hybridized carbons (Fsp3) is 0.154. The van der Waals surface area contributed by atoms with Crippen molar-refractivity contribution in [3.63, 3.8) is 0 Å². The molecule has 0 saturated carbocycles. The standard InChI is InChI=1S/C13H11FN2O4/c1-16-11(9(5-15-16)13(18)19)7-20-12-3-2-8(6-17)4-10(12)14/h2-6H,7H2,1H3,(H,18,19). The number of carbonyl (C=O) groups excluding carboxylic acids is 1. The fourth-order valence-electron chi connectivity index (χ4n) is 1.67. The van der Waals surface area contributed by atoms with E-state index in [2.05, 4.69) is 5.10 Å². The van der Waals surface area contributed by atoms with Gasteiger partial charge in [-0.05, 0) is 18.2 Å². The van der Waals surface area contributed by atoms with Gasteiger partial charge in [-0.1, -0.05) is 0 Å². The minimum atomic E-state index is -1.13. The van der Waals surface area contributed by atoms with Crippen LogP contribution in [0.3, 0.4) is 0 Å². The van der Waals surface area contributed by atoms with Crippen LogP contribution in [0.5, 0.6) is 5.75 Å². The number of aromatic carboxylic acids is 1. The molecule has 0 atom stereocenters. The van der Waals surface area contributed by atoms with E-state index in [1.54, 1.807) is 7.05 Å². The Morgan fingerprint density at radius 1 is 1.55 bits per heavy atom. The van der Waals surface area contributed by atoms with Gasteiger partial charge >= 0.3 is 5.97 Å². The largest absolute Gasteiger partial charge is 0.484 e. The molecule has 0 saturated heterocycles. The molecule has 0 bridgehead atoms. The molecule has 104 valence electrons. The zero-order valence-corrected chi connectivity index (χ0v) is 10.5. The summed E-state index contributed by atoms with van der Waals surface area (Å²) in [5.74, 6) is -1.88. The van der Waals surface area contributed by atoms with Gasteiger partial charge in [-0.3, -0.25) is 9.48 Å². The number of aryl methyl sites for hydroxylation is 1. The average molecular weight is 278 g/mol. The zero-order valence-electron chi connectivity index (χ0n) is 10.5. The van der Waals surface area contributed by atoms with Crippen LogP contribution < -0.4 is 4.74 Å². The summed E-state index contributed by atoms with van der Waals surface area (Å²) in [5, 5.41) is 12.8. The normalized spacial score (nSPS) is 10.3. The van der Waals surface area contributed by atoms with Crippen LogP contribution >= 0.6 is 0 Å². The van der Waals surface area contributed by atoms with Crippen LogP contribution in [0.25, 0.3) is 0 Å². The number of rotatable bonds is 5. The number of halogens is 1. The van der Waals surface area contributed by atoms with Gasteiger partial charge in [0.25, 0.3) is 0 Å². The minimum absolute atomic E-state index is 0.00239. The van der Waals surface area contributed by atoms with Crippen LogP contribution in [0, 0.1) is 5.82 Å². The number of ether oxygens (including phenoxy) is 1. The molecule has 1 aromatic heterocycles. The summed E-state index contributed by atoms with van der Waals surface area (Å²) < 4.78 is 20.2. The summed E-state index contributed by atoms with van der Waals surface area (Å²) in [5.41, 5.74) is 0.510. The van der Waals surface area contributed by atoms with Crippen molar-refractivity contribution in [2.24, 2.45) is 7.05 Å². The Balaban J connectivity index is 2.19. The molecule has 6 nitrogen and oxygen atoms in total. The molecule has 0 radical (unpaired) electrons. The number of aromatic nitrogens is 2. The second-order valence-corrected chi connectivity index (χ2v) is 4.03. The van der Waals surface area contributed by atoms with Crippen molar-refractivity contribution in [1.82, 2.24) is 9.78 Å². The first kappa shape index (κ1) is 13.7. The number of carbonyl (C=O) groups is 2. The molecule has 2 aromatic rings. The lowest BCUT2D eigenvalue weighted by atomic mass is 10.2. The molecule has 0 fully saturated rings. The van der Waals surface area contributed by atoms with Crippen molar-refractivity contribution in [3.8, 4) is 5.75 Å². The van der Waals surface area contributed by atoms with Crippen LogP contribution in [0.2, 0.25) is 0 Å². The Kier molecular flexibility index (Phi) is 3.79. The van der Waals surface area contributed by atoms with E-state index < -0.39 is 11.8 Å². The van der Waals surface area contributed by atoms with Crippen LogP contribution in [0.15, 0.2) is 24.4 Å². The summed E-state index contributed by atoms with van der Waals surface area (Å²) in [6.45, 7) is -0.143. The fourth-order valence-corrected chi connectivity index (χ4v) is 1.67. The summed E-state index contributed by atoms with van der Waals surface area (Å²) in [6, 6.07) is 3.77. The average Bonchev–Trinajstić information content (AvgIpc) is 2.78. The van der Waals surface area contributed by atoms with Gasteiger partial charge < -0.3 is 9.84 Å². The highest BCUT2D eigenvalue weighted by Gasteiger charge is 2.16. The molecule has 0 amide bonds. The highest BCUT2D eigenvalue weighted by Crippen LogP contribution is 2.20. The molecule has 1 heterocycles. The molecule has 7 heteroatoms. The van der Waals surface area contributed by atoms with Crippen LogP contribution in [-0.2, 0) is 13.7 Å². The highest BCUT2D eigenvalue weighted by molar-refractivity contribution is 5.88. The summed E-state index contributed by atoms with van der Waals surface area (Å²) in [6.07, 6.45) is 1.73. The topological polar surface area (TPSA) is 81.4 Å². The lowest BCUT2D eigenvalue weighted by Crippen LogP contribution is -2.09. The molecule has 0 aliphatic carbocycles. The molecule has 0 unspecified atom stereocenters. The Morgan fingerprint density at radius 2 is 2.30 bits per heavy atom. The van der Waals surface area contributed by atoms with Gasteiger partial charge in [-0.25, -0.2) is 9.18 Å². The third-order valence-corrected chi connectivity index (χ3v) is 2.75. The Hall–Kier alpha value is -2.70. The van der Waals surface area contributed by atoms with Gasteiger partial charge in [0, 0.05) is 12.6 Å². The number of carboxylic acid groups (broad SMARTS) is 1. The molecule has 2 rings (SSSR count). The third kappa shape index (κ3) is 2.66. The maximum Gasteiger partial charge on any atom is 0.339 e. The molecule has 0 aliphatic heterocycles. The summed E-state index contributed by atoms with van der Waals surface area (Å²) >= 11 is 0. The quantitative estimate of drug-likeness (QED) is 0.841. The maximum atomic E-state index is 13.6. The van der Waals surface area contributed by atoms with Gasteiger partial charge in [-0.15, -0.1) is 0 Å². The van der Waals surface area contributed by atoms with E-state index in [0.29, 0.717) is 12.0 Å². The zero-order chi connectivity index (χ0) is 14.7. The summed E-state index contributed by atoms with van der Waals surface area (Å²) in [4.78, 5) is 21.5. The monoisotopic (exact) mass is 278 g/mol. The first-order chi connectivity index (χ1) is 9.52. The van der Waals surface area contributed by atoms with Crippen molar-refractivity contribution in [2.75, 3.05) is 0 Å². The molecule has 0 aliphatic rings. The van der Waals surface area contributed by atoms with Gasteiger partial charge in [0.15, 0.2) is 11.6 Å². The lowest BCUT2D eigenvalue weighted by Gasteiger charge is -2.08. The van der Waals surface area contributed by atoms with E-state index in [0.717, 1.165) is 6.07 Å². The predicted molar refractivity (Wildman–Crippen MR) is 66.3 cm³/mol. The van der Waals surface area contributed by atoms with Crippen LogP contribution in [0.1, 0.15) is 26.4 Å².